The third-order valence-corrected chi connectivity index (χ3v) is 3.40. The van der Waals surface area contributed by atoms with E-state index in [2.05, 4.69) is 20.8 Å². The molecule has 0 aliphatic carbocycles. The van der Waals surface area contributed by atoms with Gasteiger partial charge in [0.25, 0.3) is 0 Å². The molecule has 2 rings (SSSR count). The lowest BCUT2D eigenvalue weighted by Gasteiger charge is -2.24. The van der Waals surface area contributed by atoms with E-state index < -0.39 is 0 Å². The largest absolute Gasteiger partial charge is 0.346 e. The number of aryl methyl sites for hydroxylation is 1. The normalized spacial score (nSPS) is 25.8. The van der Waals surface area contributed by atoms with Crippen LogP contribution in [0, 0.1) is 5.41 Å². The van der Waals surface area contributed by atoms with Crippen LogP contribution in [-0.2, 0) is 11.8 Å². The SMILES string of the molecule is CC(NC(=O)C1(C)CCNC1)c1nncn1C. The van der Waals surface area contributed by atoms with Crippen molar-refractivity contribution < 1.29 is 4.79 Å². The molecule has 6 nitrogen and oxygen atoms in total. The summed E-state index contributed by atoms with van der Waals surface area (Å²) in [6.07, 6.45) is 2.52. The average molecular weight is 237 g/mol. The van der Waals surface area contributed by atoms with E-state index >= 15 is 0 Å². The summed E-state index contributed by atoms with van der Waals surface area (Å²) in [4.78, 5) is 12.2. The number of carbonyl (C=O) groups is 1. The summed E-state index contributed by atoms with van der Waals surface area (Å²) in [7, 11) is 1.87. The summed E-state index contributed by atoms with van der Waals surface area (Å²) in [5.74, 6) is 0.853. The Morgan fingerprint density at radius 2 is 2.47 bits per heavy atom. The van der Waals surface area contributed by atoms with Crippen molar-refractivity contribution in [1.82, 2.24) is 25.4 Å². The topological polar surface area (TPSA) is 71.8 Å². The van der Waals surface area contributed by atoms with Crippen LogP contribution in [0.2, 0.25) is 0 Å². The highest BCUT2D eigenvalue weighted by Gasteiger charge is 2.37. The minimum atomic E-state index is -0.299. The van der Waals surface area contributed by atoms with E-state index in [1.54, 1.807) is 6.33 Å². The van der Waals surface area contributed by atoms with Gasteiger partial charge in [0.15, 0.2) is 5.82 Å². The summed E-state index contributed by atoms with van der Waals surface area (Å²) in [5.41, 5.74) is -0.299. The van der Waals surface area contributed by atoms with Crippen molar-refractivity contribution in [3.8, 4) is 0 Å². The lowest BCUT2D eigenvalue weighted by molar-refractivity contribution is -0.130. The quantitative estimate of drug-likeness (QED) is 0.775. The van der Waals surface area contributed by atoms with Gasteiger partial charge in [-0.15, -0.1) is 10.2 Å². The first-order valence-corrected chi connectivity index (χ1v) is 5.88. The molecule has 2 unspecified atom stereocenters. The molecule has 0 spiro atoms. The fourth-order valence-electron chi connectivity index (χ4n) is 2.13. The third-order valence-electron chi connectivity index (χ3n) is 3.40. The molecule has 2 heterocycles. The molecular formula is C11H19N5O. The minimum Gasteiger partial charge on any atom is -0.346 e. The van der Waals surface area contributed by atoms with E-state index in [4.69, 9.17) is 0 Å². The molecule has 1 aromatic heterocycles. The average Bonchev–Trinajstić information content (AvgIpc) is 2.88. The summed E-state index contributed by atoms with van der Waals surface area (Å²) in [6.45, 7) is 5.56. The number of nitrogens with one attached hydrogen (secondary N) is 2. The molecular weight excluding hydrogens is 218 g/mol. The maximum absolute atomic E-state index is 12.2. The highest BCUT2D eigenvalue weighted by Crippen LogP contribution is 2.25. The lowest BCUT2D eigenvalue weighted by Crippen LogP contribution is -2.41. The van der Waals surface area contributed by atoms with Crippen LogP contribution in [0.25, 0.3) is 0 Å². The summed E-state index contributed by atoms with van der Waals surface area (Å²) in [6, 6.07) is -0.118. The number of carbonyl (C=O) groups excluding carboxylic acids is 1. The molecule has 0 saturated carbocycles. The molecule has 1 aliphatic heterocycles. The highest BCUT2D eigenvalue weighted by atomic mass is 16.2. The zero-order valence-electron chi connectivity index (χ0n) is 10.5. The second-order valence-electron chi connectivity index (χ2n) is 4.98. The minimum absolute atomic E-state index is 0.0815. The number of amides is 1. The molecule has 1 aliphatic rings. The van der Waals surface area contributed by atoms with Crippen molar-refractivity contribution in [1.29, 1.82) is 0 Å². The Hall–Kier alpha value is -1.43. The van der Waals surface area contributed by atoms with Gasteiger partial charge < -0.3 is 15.2 Å². The van der Waals surface area contributed by atoms with Gasteiger partial charge in [0.2, 0.25) is 5.91 Å². The molecule has 17 heavy (non-hydrogen) atoms. The van der Waals surface area contributed by atoms with Crippen molar-refractivity contribution in [2.75, 3.05) is 13.1 Å². The Kier molecular flexibility index (Phi) is 3.15. The molecule has 1 aromatic rings. The van der Waals surface area contributed by atoms with Crippen LogP contribution in [0.5, 0.6) is 0 Å². The fourth-order valence-corrected chi connectivity index (χ4v) is 2.13. The Bertz CT molecular complexity index is 408. The van der Waals surface area contributed by atoms with Crippen LogP contribution >= 0.6 is 0 Å². The zero-order valence-corrected chi connectivity index (χ0v) is 10.5. The van der Waals surface area contributed by atoms with Crippen molar-refractivity contribution >= 4 is 5.91 Å². The molecule has 94 valence electrons. The van der Waals surface area contributed by atoms with Crippen LogP contribution in [0.15, 0.2) is 6.33 Å². The van der Waals surface area contributed by atoms with Gasteiger partial charge in [0, 0.05) is 13.6 Å². The van der Waals surface area contributed by atoms with E-state index in [-0.39, 0.29) is 17.4 Å². The number of hydrogen-bond donors (Lipinski definition) is 2. The van der Waals surface area contributed by atoms with Crippen molar-refractivity contribution in [2.24, 2.45) is 12.5 Å². The summed E-state index contributed by atoms with van der Waals surface area (Å²) >= 11 is 0. The highest BCUT2D eigenvalue weighted by molar-refractivity contribution is 5.83. The Morgan fingerprint density at radius 1 is 1.71 bits per heavy atom. The number of hydrogen-bond acceptors (Lipinski definition) is 4. The summed E-state index contributed by atoms with van der Waals surface area (Å²) < 4.78 is 1.82. The Labute approximate surface area is 101 Å². The van der Waals surface area contributed by atoms with E-state index in [9.17, 15) is 4.79 Å². The Morgan fingerprint density at radius 3 is 3.00 bits per heavy atom. The molecule has 1 fully saturated rings. The summed E-state index contributed by atoms with van der Waals surface area (Å²) in [5, 5.41) is 14.0. The number of rotatable bonds is 3. The maximum atomic E-state index is 12.2. The van der Waals surface area contributed by atoms with Crippen molar-refractivity contribution in [3.63, 3.8) is 0 Å². The van der Waals surface area contributed by atoms with Gasteiger partial charge in [0.1, 0.15) is 6.33 Å². The van der Waals surface area contributed by atoms with Gasteiger partial charge in [-0.05, 0) is 26.8 Å². The van der Waals surface area contributed by atoms with Gasteiger partial charge in [-0.2, -0.15) is 0 Å². The lowest BCUT2D eigenvalue weighted by atomic mass is 9.88. The standard InChI is InChI=1S/C11H19N5O/c1-8(9-15-13-7-16(9)3)14-10(17)11(2)4-5-12-6-11/h7-8,12H,4-6H2,1-3H3,(H,14,17). The van der Waals surface area contributed by atoms with Gasteiger partial charge >= 0.3 is 0 Å². The van der Waals surface area contributed by atoms with Crippen molar-refractivity contribution in [2.45, 2.75) is 26.3 Å². The first-order chi connectivity index (χ1) is 8.03. The molecule has 0 radical (unpaired) electrons. The first kappa shape index (κ1) is 12.0. The number of nitrogens with zero attached hydrogens (tertiary/aromatic N) is 3. The molecule has 1 amide bonds. The van der Waals surface area contributed by atoms with E-state index in [0.29, 0.717) is 0 Å². The van der Waals surface area contributed by atoms with Crippen LogP contribution in [-0.4, -0.2) is 33.8 Å². The molecule has 0 bridgehead atoms. The second kappa shape index (κ2) is 4.44. The maximum Gasteiger partial charge on any atom is 0.227 e. The zero-order chi connectivity index (χ0) is 12.5. The van der Waals surface area contributed by atoms with Gasteiger partial charge in [-0.25, -0.2) is 0 Å². The Balaban J connectivity index is 2.02. The molecule has 6 heteroatoms. The molecule has 1 saturated heterocycles. The van der Waals surface area contributed by atoms with Crippen LogP contribution in [0.3, 0.4) is 0 Å². The van der Waals surface area contributed by atoms with E-state index in [0.717, 1.165) is 25.3 Å². The van der Waals surface area contributed by atoms with Crippen LogP contribution in [0.1, 0.15) is 32.1 Å². The van der Waals surface area contributed by atoms with E-state index in [1.807, 2.05) is 25.5 Å². The van der Waals surface area contributed by atoms with Gasteiger partial charge in [-0.3, -0.25) is 4.79 Å². The molecule has 2 N–H and O–H groups in total. The fraction of sp³-hybridized carbons (Fsp3) is 0.727. The monoisotopic (exact) mass is 237 g/mol. The third kappa shape index (κ3) is 2.31. The number of aromatic nitrogens is 3. The molecule has 2 atom stereocenters. The molecule has 0 aromatic carbocycles. The van der Waals surface area contributed by atoms with Crippen LogP contribution in [0.4, 0.5) is 0 Å². The second-order valence-corrected chi connectivity index (χ2v) is 4.98. The smallest absolute Gasteiger partial charge is 0.227 e. The van der Waals surface area contributed by atoms with E-state index in [1.165, 1.54) is 0 Å². The first-order valence-electron chi connectivity index (χ1n) is 5.88. The van der Waals surface area contributed by atoms with Gasteiger partial charge in [0.05, 0.1) is 11.5 Å². The van der Waals surface area contributed by atoms with Crippen LogP contribution < -0.4 is 10.6 Å². The predicted octanol–water partition coefficient (Wildman–Crippen LogP) is -0.00810. The predicted molar refractivity (Wildman–Crippen MR) is 63.2 cm³/mol. The van der Waals surface area contributed by atoms with Crippen molar-refractivity contribution in [3.05, 3.63) is 12.2 Å². The van der Waals surface area contributed by atoms with Gasteiger partial charge in [-0.1, -0.05) is 0 Å².